The van der Waals surface area contributed by atoms with Gasteiger partial charge >= 0.3 is 0 Å². The largest absolute Gasteiger partial charge is 0.377 e. The molecule has 0 aromatic rings. The van der Waals surface area contributed by atoms with Crippen molar-refractivity contribution >= 4 is 0 Å². The van der Waals surface area contributed by atoms with Gasteiger partial charge in [0.05, 0.1) is 6.10 Å². The number of hydrogen-bond acceptors (Lipinski definition) is 3. The van der Waals surface area contributed by atoms with Gasteiger partial charge in [-0.3, -0.25) is 0 Å². The molecule has 118 valence electrons. The molecule has 3 heteroatoms. The van der Waals surface area contributed by atoms with Crippen molar-refractivity contribution in [2.24, 2.45) is 5.41 Å². The average Bonchev–Trinajstić information content (AvgIpc) is 2.73. The Morgan fingerprint density at radius 1 is 1.20 bits per heavy atom. The van der Waals surface area contributed by atoms with Gasteiger partial charge in [0, 0.05) is 25.7 Å². The molecule has 0 aromatic heterocycles. The number of likely N-dealkylation sites (N-methyl/N-ethyl adjacent to an activating group) is 1. The summed E-state index contributed by atoms with van der Waals surface area (Å²) in [7, 11) is 2.31. The highest BCUT2D eigenvalue weighted by Gasteiger charge is 2.36. The van der Waals surface area contributed by atoms with Crippen molar-refractivity contribution in [1.82, 2.24) is 10.2 Å². The topological polar surface area (TPSA) is 24.5 Å². The van der Waals surface area contributed by atoms with Crippen LogP contribution in [0.5, 0.6) is 0 Å². The number of nitrogens with one attached hydrogen (secondary N) is 1. The minimum Gasteiger partial charge on any atom is -0.377 e. The normalized spacial score (nSPS) is 30.6. The van der Waals surface area contributed by atoms with Gasteiger partial charge in [-0.15, -0.1) is 0 Å². The third-order valence-corrected chi connectivity index (χ3v) is 5.40. The summed E-state index contributed by atoms with van der Waals surface area (Å²) >= 11 is 0. The van der Waals surface area contributed by atoms with Crippen molar-refractivity contribution in [3.8, 4) is 0 Å². The molecule has 0 radical (unpaired) electrons. The second-order valence-electron chi connectivity index (χ2n) is 7.04. The molecule has 0 aromatic carbocycles. The fourth-order valence-electron chi connectivity index (χ4n) is 4.21. The van der Waals surface area contributed by atoms with Crippen molar-refractivity contribution < 1.29 is 4.74 Å². The molecule has 1 saturated heterocycles. The monoisotopic (exact) mass is 282 g/mol. The van der Waals surface area contributed by atoms with E-state index in [9.17, 15) is 0 Å². The van der Waals surface area contributed by atoms with Crippen LogP contribution in [0.2, 0.25) is 0 Å². The lowest BCUT2D eigenvalue weighted by molar-refractivity contribution is 0.0580. The standard InChI is InChI=1S/C17H34N2O/c1-4-18-13-17(10-7-5-6-8-11-17)14-19(3)16-9-12-20-15(16)2/h15-16,18H,4-14H2,1-3H3. The van der Waals surface area contributed by atoms with E-state index in [0.29, 0.717) is 17.6 Å². The number of hydrogen-bond donors (Lipinski definition) is 1. The molecule has 1 aliphatic heterocycles. The Morgan fingerprint density at radius 3 is 2.45 bits per heavy atom. The van der Waals surface area contributed by atoms with Crippen LogP contribution >= 0.6 is 0 Å². The molecule has 1 heterocycles. The summed E-state index contributed by atoms with van der Waals surface area (Å²) in [5, 5.41) is 3.64. The van der Waals surface area contributed by atoms with Crippen molar-refractivity contribution in [1.29, 1.82) is 0 Å². The van der Waals surface area contributed by atoms with Crippen LogP contribution in [0.3, 0.4) is 0 Å². The van der Waals surface area contributed by atoms with Gasteiger partial charge in [-0.1, -0.05) is 32.6 Å². The van der Waals surface area contributed by atoms with E-state index in [0.717, 1.165) is 13.2 Å². The minimum atomic E-state index is 0.405. The molecule has 2 unspecified atom stereocenters. The number of nitrogens with zero attached hydrogens (tertiary/aromatic N) is 1. The van der Waals surface area contributed by atoms with E-state index in [-0.39, 0.29) is 0 Å². The quantitative estimate of drug-likeness (QED) is 0.758. The van der Waals surface area contributed by atoms with Crippen LogP contribution in [0.1, 0.15) is 58.8 Å². The summed E-state index contributed by atoms with van der Waals surface area (Å²) in [5.74, 6) is 0. The van der Waals surface area contributed by atoms with Crippen molar-refractivity contribution in [3.05, 3.63) is 0 Å². The van der Waals surface area contributed by atoms with Gasteiger partial charge in [0.2, 0.25) is 0 Å². The minimum absolute atomic E-state index is 0.405. The molecule has 20 heavy (non-hydrogen) atoms. The first-order chi connectivity index (χ1) is 9.67. The molecule has 0 spiro atoms. The predicted molar refractivity (Wildman–Crippen MR) is 85.1 cm³/mol. The molecule has 1 N–H and O–H groups in total. The summed E-state index contributed by atoms with van der Waals surface area (Å²) in [6.45, 7) is 8.91. The summed E-state index contributed by atoms with van der Waals surface area (Å²) < 4.78 is 5.76. The van der Waals surface area contributed by atoms with Crippen LogP contribution in [0.15, 0.2) is 0 Å². The molecule has 2 atom stereocenters. The predicted octanol–water partition coefficient (Wildman–Crippen LogP) is 3.05. The second-order valence-corrected chi connectivity index (χ2v) is 7.04. The molecule has 3 nitrogen and oxygen atoms in total. The highest BCUT2D eigenvalue weighted by atomic mass is 16.5. The lowest BCUT2D eigenvalue weighted by atomic mass is 9.79. The van der Waals surface area contributed by atoms with Gasteiger partial charge in [0.25, 0.3) is 0 Å². The first-order valence-electron chi connectivity index (χ1n) is 8.69. The Hall–Kier alpha value is -0.120. The molecule has 2 fully saturated rings. The van der Waals surface area contributed by atoms with Crippen LogP contribution in [0.25, 0.3) is 0 Å². The summed E-state index contributed by atoms with van der Waals surface area (Å²) in [5.41, 5.74) is 0.490. The molecular formula is C17H34N2O. The third-order valence-electron chi connectivity index (χ3n) is 5.40. The molecule has 2 rings (SSSR count). The Bertz CT molecular complexity index is 274. The van der Waals surface area contributed by atoms with E-state index in [1.54, 1.807) is 0 Å². The molecule has 0 amide bonds. The van der Waals surface area contributed by atoms with Crippen LogP contribution in [0.4, 0.5) is 0 Å². The lowest BCUT2D eigenvalue weighted by Crippen LogP contribution is -2.47. The van der Waals surface area contributed by atoms with Crippen molar-refractivity contribution in [3.63, 3.8) is 0 Å². The Balaban J connectivity index is 1.98. The smallest absolute Gasteiger partial charge is 0.0702 e. The Morgan fingerprint density at radius 2 is 1.90 bits per heavy atom. The molecule has 1 saturated carbocycles. The fourth-order valence-corrected chi connectivity index (χ4v) is 4.21. The Labute approximate surface area is 125 Å². The third kappa shape index (κ3) is 4.19. The van der Waals surface area contributed by atoms with Gasteiger partial charge in [-0.25, -0.2) is 0 Å². The zero-order chi connectivity index (χ0) is 14.4. The van der Waals surface area contributed by atoms with Crippen LogP contribution in [0, 0.1) is 5.41 Å². The van der Waals surface area contributed by atoms with Crippen LogP contribution in [-0.2, 0) is 4.74 Å². The second kappa shape index (κ2) is 7.77. The Kier molecular flexibility index (Phi) is 6.31. The zero-order valence-electron chi connectivity index (χ0n) is 13.8. The average molecular weight is 282 g/mol. The summed E-state index contributed by atoms with van der Waals surface area (Å²) in [6, 6.07) is 0.622. The van der Waals surface area contributed by atoms with Crippen molar-refractivity contribution in [2.75, 3.05) is 33.3 Å². The summed E-state index contributed by atoms with van der Waals surface area (Å²) in [6.07, 6.45) is 10.1. The zero-order valence-corrected chi connectivity index (χ0v) is 13.8. The van der Waals surface area contributed by atoms with E-state index in [4.69, 9.17) is 4.74 Å². The van der Waals surface area contributed by atoms with Gasteiger partial charge in [0.15, 0.2) is 0 Å². The van der Waals surface area contributed by atoms with E-state index < -0.39 is 0 Å². The van der Waals surface area contributed by atoms with E-state index in [2.05, 4.69) is 31.1 Å². The SMILES string of the molecule is CCNCC1(CN(C)C2CCOC2C)CCCCCC1. The number of rotatable bonds is 6. The number of ether oxygens (including phenoxy) is 1. The van der Waals surface area contributed by atoms with Gasteiger partial charge in [-0.2, -0.15) is 0 Å². The van der Waals surface area contributed by atoms with Crippen LogP contribution in [-0.4, -0.2) is 50.3 Å². The van der Waals surface area contributed by atoms with E-state index in [1.165, 1.54) is 58.0 Å². The first kappa shape index (κ1) is 16.3. The molecule has 1 aliphatic carbocycles. The maximum atomic E-state index is 5.76. The van der Waals surface area contributed by atoms with Crippen LogP contribution < -0.4 is 5.32 Å². The highest BCUT2D eigenvalue weighted by Crippen LogP contribution is 2.36. The van der Waals surface area contributed by atoms with Crippen molar-refractivity contribution in [2.45, 2.75) is 70.9 Å². The first-order valence-corrected chi connectivity index (χ1v) is 8.69. The molecule has 0 bridgehead atoms. The maximum absolute atomic E-state index is 5.76. The maximum Gasteiger partial charge on any atom is 0.0702 e. The molecule has 2 aliphatic rings. The summed E-state index contributed by atoms with van der Waals surface area (Å²) in [4.78, 5) is 2.60. The lowest BCUT2D eigenvalue weighted by Gasteiger charge is -2.39. The highest BCUT2D eigenvalue weighted by molar-refractivity contribution is 4.90. The van der Waals surface area contributed by atoms with Gasteiger partial charge < -0.3 is 15.0 Å². The fraction of sp³-hybridized carbons (Fsp3) is 1.00. The van der Waals surface area contributed by atoms with E-state index in [1.807, 2.05) is 0 Å². The molecular weight excluding hydrogens is 248 g/mol. The van der Waals surface area contributed by atoms with Gasteiger partial charge in [-0.05, 0) is 45.2 Å². The van der Waals surface area contributed by atoms with Gasteiger partial charge in [0.1, 0.15) is 0 Å². The van der Waals surface area contributed by atoms with E-state index >= 15 is 0 Å².